The predicted molar refractivity (Wildman–Crippen MR) is 75.2 cm³/mol. The maximum absolute atomic E-state index is 5.41. The third-order valence-corrected chi connectivity index (χ3v) is 3.84. The van der Waals surface area contributed by atoms with E-state index in [2.05, 4.69) is 49.4 Å². The summed E-state index contributed by atoms with van der Waals surface area (Å²) < 4.78 is 5.41. The molecule has 3 nitrogen and oxygen atoms in total. The highest BCUT2D eigenvalue weighted by Gasteiger charge is 2.30. The Kier molecular flexibility index (Phi) is 4.25. The normalized spacial score (nSPS) is 17.6. The van der Waals surface area contributed by atoms with Gasteiger partial charge in [-0.3, -0.25) is 0 Å². The second-order valence-electron chi connectivity index (χ2n) is 5.25. The highest BCUT2D eigenvalue weighted by atomic mass is 16.5. The molecule has 1 atom stereocenters. The Morgan fingerprint density at radius 2 is 2.11 bits per heavy atom. The molecule has 0 aromatic heterocycles. The van der Waals surface area contributed by atoms with E-state index in [9.17, 15) is 0 Å². The summed E-state index contributed by atoms with van der Waals surface area (Å²) in [6.45, 7) is 4.42. The molecule has 100 valence electrons. The van der Waals surface area contributed by atoms with Crippen LogP contribution in [0.15, 0.2) is 18.2 Å². The number of nitrogens with one attached hydrogen (secondary N) is 1. The van der Waals surface area contributed by atoms with Crippen LogP contribution < -0.4 is 10.1 Å². The molecule has 1 heterocycles. The zero-order valence-electron chi connectivity index (χ0n) is 11.9. The highest BCUT2D eigenvalue weighted by Crippen LogP contribution is 2.32. The van der Waals surface area contributed by atoms with Crippen molar-refractivity contribution < 1.29 is 4.74 Å². The molecule has 1 aliphatic rings. The van der Waals surface area contributed by atoms with E-state index in [4.69, 9.17) is 4.74 Å². The standard InChI is InChI=1S/C15H24N2O/c1-5-11-8-12(6-7-14(11)18-4)15(17(2)3)13-9-16-10-13/h6-8,13,15-16H,5,9-10H2,1-4H3. The maximum Gasteiger partial charge on any atom is 0.122 e. The summed E-state index contributed by atoms with van der Waals surface area (Å²) in [6.07, 6.45) is 1.01. The Morgan fingerprint density at radius 1 is 1.39 bits per heavy atom. The van der Waals surface area contributed by atoms with Gasteiger partial charge in [0, 0.05) is 25.0 Å². The molecule has 1 fully saturated rings. The van der Waals surface area contributed by atoms with Crippen molar-refractivity contribution in [3.63, 3.8) is 0 Å². The molecule has 0 spiro atoms. The van der Waals surface area contributed by atoms with Crippen LogP contribution in [0.3, 0.4) is 0 Å². The number of nitrogens with zero attached hydrogens (tertiary/aromatic N) is 1. The molecule has 1 aromatic rings. The largest absolute Gasteiger partial charge is 0.496 e. The Hall–Kier alpha value is -1.06. The molecule has 1 unspecified atom stereocenters. The molecule has 0 amide bonds. The lowest BCUT2D eigenvalue weighted by Gasteiger charge is -2.39. The van der Waals surface area contributed by atoms with Crippen LogP contribution in [-0.2, 0) is 6.42 Å². The third kappa shape index (κ3) is 2.52. The van der Waals surface area contributed by atoms with Crippen molar-refractivity contribution in [3.8, 4) is 5.75 Å². The predicted octanol–water partition coefficient (Wildman–Crippen LogP) is 2.08. The summed E-state index contributed by atoms with van der Waals surface area (Å²) in [4.78, 5) is 2.33. The lowest BCUT2D eigenvalue weighted by atomic mass is 9.87. The number of methoxy groups -OCH3 is 1. The second kappa shape index (κ2) is 5.72. The molecule has 0 radical (unpaired) electrons. The van der Waals surface area contributed by atoms with Crippen molar-refractivity contribution in [1.82, 2.24) is 10.2 Å². The average Bonchev–Trinajstić information content (AvgIpc) is 2.32. The summed E-state index contributed by atoms with van der Waals surface area (Å²) in [5, 5.41) is 3.37. The van der Waals surface area contributed by atoms with Gasteiger partial charge in [-0.15, -0.1) is 0 Å². The summed E-state index contributed by atoms with van der Waals surface area (Å²) in [5.41, 5.74) is 2.71. The van der Waals surface area contributed by atoms with Crippen LogP contribution in [0, 0.1) is 5.92 Å². The molecule has 1 saturated heterocycles. The van der Waals surface area contributed by atoms with Crippen molar-refractivity contribution in [2.75, 3.05) is 34.3 Å². The molecule has 18 heavy (non-hydrogen) atoms. The van der Waals surface area contributed by atoms with Crippen molar-refractivity contribution in [3.05, 3.63) is 29.3 Å². The quantitative estimate of drug-likeness (QED) is 0.863. The number of aryl methyl sites for hydroxylation is 1. The highest BCUT2D eigenvalue weighted by molar-refractivity contribution is 5.38. The zero-order valence-corrected chi connectivity index (χ0v) is 11.9. The van der Waals surface area contributed by atoms with Crippen LogP contribution in [0.2, 0.25) is 0 Å². The van der Waals surface area contributed by atoms with Crippen molar-refractivity contribution in [2.24, 2.45) is 5.92 Å². The Labute approximate surface area is 110 Å². The fourth-order valence-electron chi connectivity index (χ4n) is 2.78. The van der Waals surface area contributed by atoms with Crippen LogP contribution in [0.5, 0.6) is 5.75 Å². The van der Waals surface area contributed by atoms with Gasteiger partial charge in [0.05, 0.1) is 7.11 Å². The minimum absolute atomic E-state index is 0.502. The van der Waals surface area contributed by atoms with E-state index in [-0.39, 0.29) is 0 Å². The van der Waals surface area contributed by atoms with E-state index < -0.39 is 0 Å². The SMILES string of the molecule is CCc1cc(C(C2CNC2)N(C)C)ccc1OC. The van der Waals surface area contributed by atoms with Gasteiger partial charge in [0.1, 0.15) is 5.75 Å². The first-order valence-electron chi connectivity index (χ1n) is 6.71. The van der Waals surface area contributed by atoms with Gasteiger partial charge in [-0.2, -0.15) is 0 Å². The van der Waals surface area contributed by atoms with Crippen molar-refractivity contribution in [1.29, 1.82) is 0 Å². The minimum Gasteiger partial charge on any atom is -0.496 e. The van der Waals surface area contributed by atoms with Gasteiger partial charge in [-0.25, -0.2) is 0 Å². The zero-order chi connectivity index (χ0) is 13.1. The average molecular weight is 248 g/mol. The molecule has 1 N–H and O–H groups in total. The Morgan fingerprint density at radius 3 is 2.56 bits per heavy atom. The van der Waals surface area contributed by atoms with Gasteiger partial charge < -0.3 is 15.0 Å². The van der Waals surface area contributed by atoms with Gasteiger partial charge >= 0.3 is 0 Å². The van der Waals surface area contributed by atoms with E-state index in [1.807, 2.05) is 0 Å². The van der Waals surface area contributed by atoms with Gasteiger partial charge in [-0.05, 0) is 37.7 Å². The van der Waals surface area contributed by atoms with Gasteiger partial charge in [0.15, 0.2) is 0 Å². The van der Waals surface area contributed by atoms with E-state index in [0.29, 0.717) is 6.04 Å². The van der Waals surface area contributed by atoms with Crippen LogP contribution in [-0.4, -0.2) is 39.2 Å². The van der Waals surface area contributed by atoms with Crippen molar-refractivity contribution >= 4 is 0 Å². The fraction of sp³-hybridized carbons (Fsp3) is 0.600. The molecule has 0 aliphatic carbocycles. The van der Waals surface area contributed by atoms with Gasteiger partial charge in [-0.1, -0.05) is 19.1 Å². The van der Waals surface area contributed by atoms with Crippen LogP contribution in [0.1, 0.15) is 24.1 Å². The topological polar surface area (TPSA) is 24.5 Å². The molecular formula is C15H24N2O. The Balaban J connectivity index is 2.29. The molecule has 0 bridgehead atoms. The van der Waals surface area contributed by atoms with E-state index in [0.717, 1.165) is 31.2 Å². The first kappa shape index (κ1) is 13.4. The summed E-state index contributed by atoms with van der Waals surface area (Å²) in [6, 6.07) is 7.13. The smallest absolute Gasteiger partial charge is 0.122 e. The van der Waals surface area contributed by atoms with E-state index in [1.165, 1.54) is 11.1 Å². The molecule has 1 aliphatic heterocycles. The molecule has 3 heteroatoms. The fourth-order valence-corrected chi connectivity index (χ4v) is 2.78. The number of ether oxygens (including phenoxy) is 1. The number of hydrogen-bond acceptors (Lipinski definition) is 3. The second-order valence-corrected chi connectivity index (χ2v) is 5.25. The summed E-state index contributed by atoms with van der Waals surface area (Å²) in [5.74, 6) is 1.73. The third-order valence-electron chi connectivity index (χ3n) is 3.84. The molecule has 1 aromatic carbocycles. The van der Waals surface area contributed by atoms with E-state index >= 15 is 0 Å². The molecular weight excluding hydrogens is 224 g/mol. The summed E-state index contributed by atoms with van der Waals surface area (Å²) >= 11 is 0. The lowest BCUT2D eigenvalue weighted by Crippen LogP contribution is -2.48. The maximum atomic E-state index is 5.41. The monoisotopic (exact) mass is 248 g/mol. The molecule has 2 rings (SSSR count). The Bertz CT molecular complexity index is 399. The minimum atomic E-state index is 0.502. The number of rotatable bonds is 5. The van der Waals surface area contributed by atoms with E-state index in [1.54, 1.807) is 7.11 Å². The van der Waals surface area contributed by atoms with Gasteiger partial charge in [0.25, 0.3) is 0 Å². The summed E-state index contributed by atoms with van der Waals surface area (Å²) in [7, 11) is 6.07. The van der Waals surface area contributed by atoms with Gasteiger partial charge in [0.2, 0.25) is 0 Å². The lowest BCUT2D eigenvalue weighted by molar-refractivity contribution is 0.161. The van der Waals surface area contributed by atoms with Crippen LogP contribution >= 0.6 is 0 Å². The number of benzene rings is 1. The van der Waals surface area contributed by atoms with Crippen LogP contribution in [0.4, 0.5) is 0 Å². The van der Waals surface area contributed by atoms with Crippen molar-refractivity contribution in [2.45, 2.75) is 19.4 Å². The molecule has 0 saturated carbocycles. The first-order chi connectivity index (χ1) is 8.67. The number of hydrogen-bond donors (Lipinski definition) is 1. The first-order valence-corrected chi connectivity index (χ1v) is 6.71. The van der Waals surface area contributed by atoms with Crippen LogP contribution in [0.25, 0.3) is 0 Å².